The summed E-state index contributed by atoms with van der Waals surface area (Å²) in [5, 5.41) is 14.8. The molecule has 1 amide bonds. The molecule has 1 fully saturated rings. The summed E-state index contributed by atoms with van der Waals surface area (Å²) in [6.45, 7) is 2.43. The average molecular weight is 516 g/mol. The van der Waals surface area contributed by atoms with Crippen LogP contribution in [0.25, 0.3) is 11.1 Å². The van der Waals surface area contributed by atoms with Crippen LogP contribution < -0.4 is 10.6 Å². The van der Waals surface area contributed by atoms with Crippen molar-refractivity contribution in [2.45, 2.75) is 31.8 Å². The summed E-state index contributed by atoms with van der Waals surface area (Å²) in [5.74, 6) is -0.765. The van der Waals surface area contributed by atoms with E-state index in [9.17, 15) is 14.4 Å². The summed E-state index contributed by atoms with van der Waals surface area (Å²) in [6, 6.07) is 24.6. The highest BCUT2D eigenvalue weighted by Gasteiger charge is 2.23. The van der Waals surface area contributed by atoms with Crippen LogP contribution in [0.1, 0.15) is 24.8 Å². The molecule has 0 aromatic heterocycles. The fourth-order valence-corrected chi connectivity index (χ4v) is 4.49. The molecule has 3 aromatic rings. The van der Waals surface area contributed by atoms with Gasteiger partial charge in [0.25, 0.3) is 0 Å². The van der Waals surface area contributed by atoms with E-state index in [1.165, 1.54) is 0 Å². The summed E-state index contributed by atoms with van der Waals surface area (Å²) < 4.78 is 5.69. The van der Waals surface area contributed by atoms with E-state index >= 15 is 0 Å². The third-order valence-corrected chi connectivity index (χ3v) is 6.56. The van der Waals surface area contributed by atoms with Crippen molar-refractivity contribution in [3.05, 3.63) is 84.4 Å². The number of benzene rings is 3. The summed E-state index contributed by atoms with van der Waals surface area (Å²) in [4.78, 5) is 37.9. The van der Waals surface area contributed by atoms with Gasteiger partial charge in [-0.1, -0.05) is 60.7 Å². The molecule has 198 valence electrons. The molecule has 3 N–H and O–H groups in total. The lowest BCUT2D eigenvalue weighted by Gasteiger charge is -2.31. The molecule has 0 saturated carbocycles. The number of para-hydroxylation sites is 1. The number of rotatable bonds is 11. The van der Waals surface area contributed by atoms with E-state index in [0.29, 0.717) is 18.7 Å². The van der Waals surface area contributed by atoms with Crippen molar-refractivity contribution in [3.63, 3.8) is 0 Å². The zero-order chi connectivity index (χ0) is 26.7. The van der Waals surface area contributed by atoms with Gasteiger partial charge in [-0.15, -0.1) is 0 Å². The van der Waals surface area contributed by atoms with Crippen molar-refractivity contribution in [2.24, 2.45) is 0 Å². The maximum absolute atomic E-state index is 12.6. The normalized spacial score (nSPS) is 14.0. The van der Waals surface area contributed by atoms with Crippen LogP contribution in [0.15, 0.2) is 78.9 Å². The fraction of sp³-hybridized carbons (Fsp3) is 0.300. The number of hydrogen-bond donors (Lipinski definition) is 3. The second kappa shape index (κ2) is 13.4. The van der Waals surface area contributed by atoms with Gasteiger partial charge in [0.2, 0.25) is 0 Å². The predicted octanol–water partition coefficient (Wildman–Crippen LogP) is 5.06. The SMILES string of the molecule is O=C(O)Cc1ccc(NCC(=O)CCN2CCC(OC(=O)Nc3ccccc3-c3ccccc3)CC2)cc1. The van der Waals surface area contributed by atoms with Gasteiger partial charge in [0.15, 0.2) is 5.78 Å². The summed E-state index contributed by atoms with van der Waals surface area (Å²) in [7, 11) is 0. The molecule has 0 bridgehead atoms. The average Bonchev–Trinajstić information content (AvgIpc) is 2.93. The number of Topliss-reactive ketones (excluding diaryl/α,β-unsaturated/α-hetero) is 1. The van der Waals surface area contributed by atoms with E-state index in [1.807, 2.05) is 54.6 Å². The molecule has 1 aliphatic rings. The standard InChI is InChI=1S/C30H33N3O5/c34-25(21-31-24-12-10-22(11-13-24)20-29(35)36)14-17-33-18-15-26(16-19-33)38-30(37)32-28-9-5-4-8-27(28)23-6-2-1-3-7-23/h1-13,26,31H,14-21H2,(H,32,37)(H,35,36). The van der Waals surface area contributed by atoms with Crippen molar-refractivity contribution >= 4 is 29.2 Å². The predicted molar refractivity (Wildman–Crippen MR) is 147 cm³/mol. The van der Waals surface area contributed by atoms with Crippen LogP contribution >= 0.6 is 0 Å². The van der Waals surface area contributed by atoms with Gasteiger partial charge in [0.1, 0.15) is 6.10 Å². The van der Waals surface area contributed by atoms with Crippen LogP contribution in [0, 0.1) is 0 Å². The molecule has 0 radical (unpaired) electrons. The van der Waals surface area contributed by atoms with Gasteiger partial charge in [0.05, 0.1) is 18.7 Å². The van der Waals surface area contributed by atoms with Gasteiger partial charge in [-0.25, -0.2) is 4.79 Å². The molecule has 3 aromatic carbocycles. The number of anilines is 2. The van der Waals surface area contributed by atoms with Gasteiger partial charge in [-0.3, -0.25) is 14.9 Å². The summed E-state index contributed by atoms with van der Waals surface area (Å²) >= 11 is 0. The number of carboxylic acids is 1. The Morgan fingerprint density at radius 1 is 0.895 bits per heavy atom. The number of aliphatic carboxylic acids is 1. The molecule has 8 nitrogen and oxygen atoms in total. The zero-order valence-corrected chi connectivity index (χ0v) is 21.3. The van der Waals surface area contributed by atoms with Crippen molar-refractivity contribution < 1.29 is 24.2 Å². The molecule has 0 unspecified atom stereocenters. The first kappa shape index (κ1) is 26.9. The number of nitrogens with one attached hydrogen (secondary N) is 2. The second-order valence-corrected chi connectivity index (χ2v) is 9.39. The fourth-order valence-electron chi connectivity index (χ4n) is 4.49. The van der Waals surface area contributed by atoms with Crippen molar-refractivity contribution in [2.75, 3.05) is 36.8 Å². The van der Waals surface area contributed by atoms with E-state index in [2.05, 4.69) is 15.5 Å². The minimum Gasteiger partial charge on any atom is -0.481 e. The van der Waals surface area contributed by atoms with Gasteiger partial charge in [-0.05, 0) is 42.2 Å². The molecular formula is C30H33N3O5. The quantitative estimate of drug-likeness (QED) is 0.327. The Hall–Kier alpha value is -4.17. The second-order valence-electron chi connectivity index (χ2n) is 9.39. The maximum Gasteiger partial charge on any atom is 0.411 e. The van der Waals surface area contributed by atoms with E-state index in [1.54, 1.807) is 24.3 Å². The Balaban J connectivity index is 1.15. The monoisotopic (exact) mass is 515 g/mol. The van der Waals surface area contributed by atoms with Crippen molar-refractivity contribution in [3.8, 4) is 11.1 Å². The minimum absolute atomic E-state index is 0.0200. The Morgan fingerprint density at radius 2 is 1.58 bits per heavy atom. The van der Waals surface area contributed by atoms with Crippen LogP contribution in [-0.2, 0) is 20.7 Å². The lowest BCUT2D eigenvalue weighted by Crippen LogP contribution is -2.39. The first-order chi connectivity index (χ1) is 18.5. The number of hydrogen-bond acceptors (Lipinski definition) is 6. The van der Waals surface area contributed by atoms with Crippen LogP contribution in [0.2, 0.25) is 0 Å². The van der Waals surface area contributed by atoms with E-state index in [-0.39, 0.29) is 24.9 Å². The number of carbonyl (C=O) groups excluding carboxylic acids is 2. The number of carbonyl (C=O) groups is 3. The smallest absolute Gasteiger partial charge is 0.411 e. The molecule has 0 atom stereocenters. The minimum atomic E-state index is -0.871. The largest absolute Gasteiger partial charge is 0.481 e. The Morgan fingerprint density at radius 3 is 2.29 bits per heavy atom. The summed E-state index contributed by atoms with van der Waals surface area (Å²) in [6.07, 6.45) is 1.26. The highest BCUT2D eigenvalue weighted by atomic mass is 16.6. The Kier molecular flexibility index (Phi) is 9.48. The van der Waals surface area contributed by atoms with Crippen molar-refractivity contribution in [1.82, 2.24) is 4.90 Å². The van der Waals surface area contributed by atoms with Crippen LogP contribution in [0.5, 0.6) is 0 Å². The molecule has 8 heteroatoms. The molecule has 1 saturated heterocycles. The molecule has 1 aliphatic heterocycles. The first-order valence-corrected chi connectivity index (χ1v) is 12.9. The molecule has 0 spiro atoms. The number of likely N-dealkylation sites (tertiary alicyclic amines) is 1. The van der Waals surface area contributed by atoms with Crippen molar-refractivity contribution in [1.29, 1.82) is 0 Å². The number of ketones is 1. The van der Waals surface area contributed by atoms with Crippen LogP contribution in [0.3, 0.4) is 0 Å². The lowest BCUT2D eigenvalue weighted by molar-refractivity contribution is -0.136. The lowest BCUT2D eigenvalue weighted by atomic mass is 10.0. The molecular weight excluding hydrogens is 482 g/mol. The molecule has 0 aliphatic carbocycles. The molecule has 1 heterocycles. The Bertz CT molecular complexity index is 1220. The Labute approximate surface area is 222 Å². The van der Waals surface area contributed by atoms with Gasteiger partial charge in [0, 0.05) is 37.3 Å². The third-order valence-electron chi connectivity index (χ3n) is 6.56. The topological polar surface area (TPSA) is 108 Å². The molecule has 38 heavy (non-hydrogen) atoms. The van der Waals surface area contributed by atoms with E-state index in [0.717, 1.165) is 48.3 Å². The summed E-state index contributed by atoms with van der Waals surface area (Å²) in [5.41, 5.74) is 4.18. The maximum atomic E-state index is 12.6. The number of piperidine rings is 1. The van der Waals surface area contributed by atoms with Gasteiger partial charge in [-0.2, -0.15) is 0 Å². The van der Waals surface area contributed by atoms with Gasteiger partial charge >= 0.3 is 12.1 Å². The highest BCUT2D eigenvalue weighted by molar-refractivity contribution is 5.91. The number of nitrogens with zero attached hydrogens (tertiary/aromatic N) is 1. The van der Waals surface area contributed by atoms with Crippen LogP contribution in [-0.4, -0.2) is 60.1 Å². The first-order valence-electron chi connectivity index (χ1n) is 12.9. The molecule has 4 rings (SSSR count). The number of ether oxygens (including phenoxy) is 1. The van der Waals surface area contributed by atoms with Gasteiger partial charge < -0.3 is 20.1 Å². The third kappa shape index (κ3) is 8.18. The highest BCUT2D eigenvalue weighted by Crippen LogP contribution is 2.28. The number of amides is 1. The number of carboxylic acid groups (broad SMARTS) is 1. The zero-order valence-electron chi connectivity index (χ0n) is 21.3. The van der Waals surface area contributed by atoms with Crippen LogP contribution in [0.4, 0.5) is 16.2 Å². The van der Waals surface area contributed by atoms with E-state index < -0.39 is 12.1 Å². The van der Waals surface area contributed by atoms with E-state index in [4.69, 9.17) is 9.84 Å².